The van der Waals surface area contributed by atoms with Crippen molar-refractivity contribution >= 4 is 23.9 Å². The van der Waals surface area contributed by atoms with Gasteiger partial charge in [-0.05, 0) is 12.1 Å². The summed E-state index contributed by atoms with van der Waals surface area (Å²) >= 11 is 0. The van der Waals surface area contributed by atoms with Gasteiger partial charge in [0.05, 0.1) is 6.54 Å². The van der Waals surface area contributed by atoms with Crippen molar-refractivity contribution in [2.75, 3.05) is 24.6 Å². The van der Waals surface area contributed by atoms with Gasteiger partial charge in [-0.25, -0.2) is 14.8 Å². The maximum atomic E-state index is 11.7. The number of nitrogens with zero attached hydrogens (tertiary/aromatic N) is 3. The van der Waals surface area contributed by atoms with Gasteiger partial charge in [0.1, 0.15) is 18.5 Å². The highest BCUT2D eigenvalue weighted by Gasteiger charge is 2.32. The van der Waals surface area contributed by atoms with Crippen molar-refractivity contribution in [3.8, 4) is 5.75 Å². The van der Waals surface area contributed by atoms with Crippen LogP contribution >= 0.6 is 0 Å². The van der Waals surface area contributed by atoms with Crippen molar-refractivity contribution < 1.29 is 14.3 Å². The summed E-state index contributed by atoms with van der Waals surface area (Å²) in [4.78, 5) is 21.5. The summed E-state index contributed by atoms with van der Waals surface area (Å²) in [5.41, 5.74) is 5.48. The lowest BCUT2D eigenvalue weighted by Crippen LogP contribution is -2.28. The van der Waals surface area contributed by atoms with Gasteiger partial charge in [-0.15, -0.1) is 0 Å². The number of cyclic esters (lactones) is 1. The average Bonchev–Trinajstić information content (AvgIpc) is 2.79. The number of nitrogens with two attached hydrogens (primary N) is 1. The summed E-state index contributed by atoms with van der Waals surface area (Å²) in [5, 5.41) is 0. The van der Waals surface area contributed by atoms with Crippen molar-refractivity contribution in [2.45, 2.75) is 6.10 Å². The number of hydrogen-bond donors (Lipinski definition) is 1. The van der Waals surface area contributed by atoms with Gasteiger partial charge in [0.2, 0.25) is 0 Å². The molecular formula is C11H12N4O3. The summed E-state index contributed by atoms with van der Waals surface area (Å²) in [5.74, 6) is 1.59. The molecule has 94 valence electrons. The summed E-state index contributed by atoms with van der Waals surface area (Å²) in [6, 6.07) is 3.46. The van der Waals surface area contributed by atoms with Crippen LogP contribution in [0.1, 0.15) is 0 Å². The van der Waals surface area contributed by atoms with Gasteiger partial charge in [-0.2, -0.15) is 0 Å². The first kappa shape index (κ1) is 11.0. The van der Waals surface area contributed by atoms with E-state index in [1.807, 2.05) is 0 Å². The van der Waals surface area contributed by atoms with Crippen LogP contribution in [0.2, 0.25) is 0 Å². The van der Waals surface area contributed by atoms with Crippen LogP contribution in [0.15, 0.2) is 17.1 Å². The first-order valence-electron chi connectivity index (χ1n) is 5.62. The minimum absolute atomic E-state index is 0.282. The first-order chi connectivity index (χ1) is 8.78. The molecule has 0 bridgehead atoms. The molecule has 1 saturated heterocycles. The molecule has 7 heteroatoms. The molecule has 0 spiro atoms. The molecule has 1 atom stereocenters. The molecular weight excluding hydrogens is 236 g/mol. The number of carbonyl (C=O) groups excluding carboxylic acids is 1. The second kappa shape index (κ2) is 4.26. The smallest absolute Gasteiger partial charge is 0.416 e. The van der Waals surface area contributed by atoms with E-state index in [4.69, 9.17) is 15.2 Å². The van der Waals surface area contributed by atoms with Crippen LogP contribution in [0.5, 0.6) is 5.75 Å². The van der Waals surface area contributed by atoms with Crippen molar-refractivity contribution in [1.29, 1.82) is 0 Å². The highest BCUT2D eigenvalue weighted by atomic mass is 16.6. The molecule has 2 aliphatic heterocycles. The molecule has 1 aromatic heterocycles. The van der Waals surface area contributed by atoms with Gasteiger partial charge in [0.15, 0.2) is 11.6 Å². The van der Waals surface area contributed by atoms with Crippen LogP contribution in [0.25, 0.3) is 0 Å². The van der Waals surface area contributed by atoms with Crippen molar-refractivity contribution in [3.05, 3.63) is 12.1 Å². The van der Waals surface area contributed by atoms with Crippen LogP contribution in [-0.4, -0.2) is 43.1 Å². The Labute approximate surface area is 103 Å². The number of anilines is 1. The largest absolute Gasteiger partial charge is 0.484 e. The highest BCUT2D eigenvalue weighted by molar-refractivity contribution is 5.89. The monoisotopic (exact) mass is 248 g/mol. The Morgan fingerprint density at radius 2 is 2.39 bits per heavy atom. The Morgan fingerprint density at radius 1 is 1.50 bits per heavy atom. The molecule has 3 heterocycles. The lowest BCUT2D eigenvalue weighted by Gasteiger charge is -2.15. The molecule has 1 aromatic rings. The lowest BCUT2D eigenvalue weighted by atomic mass is 10.3. The van der Waals surface area contributed by atoms with Crippen molar-refractivity contribution in [1.82, 2.24) is 4.98 Å². The number of pyridine rings is 1. The number of aliphatic imine (C=N–C) groups is 1. The normalized spacial score (nSPS) is 21.5. The molecule has 0 aromatic carbocycles. The number of hydrogen-bond acceptors (Lipinski definition) is 6. The summed E-state index contributed by atoms with van der Waals surface area (Å²) in [6.07, 6.45) is 0.915. The maximum absolute atomic E-state index is 11.7. The Kier molecular flexibility index (Phi) is 2.60. The van der Waals surface area contributed by atoms with Gasteiger partial charge in [0.25, 0.3) is 0 Å². The molecule has 7 nitrogen and oxygen atoms in total. The fraction of sp³-hybridized carbons (Fsp3) is 0.364. The minimum Gasteiger partial charge on any atom is -0.484 e. The third-order valence-electron chi connectivity index (χ3n) is 2.77. The molecule has 18 heavy (non-hydrogen) atoms. The van der Waals surface area contributed by atoms with E-state index in [0.29, 0.717) is 37.1 Å². The zero-order valence-corrected chi connectivity index (χ0v) is 9.57. The van der Waals surface area contributed by atoms with Crippen molar-refractivity contribution in [3.63, 3.8) is 0 Å². The van der Waals surface area contributed by atoms with E-state index in [2.05, 4.69) is 9.98 Å². The van der Waals surface area contributed by atoms with E-state index in [1.165, 1.54) is 4.90 Å². The van der Waals surface area contributed by atoms with Crippen LogP contribution in [-0.2, 0) is 4.74 Å². The standard InChI is InChI=1S/C11H12N4O3/c12-5-7-6-15(11(16)18-7)9-2-1-8-10(14-9)13-3-4-17-8/h1-3,7H,4-6,12H2/t7-/m0/s1. The molecule has 3 rings (SSSR count). The van der Waals surface area contributed by atoms with Crippen LogP contribution in [0.4, 0.5) is 16.4 Å². The predicted octanol–water partition coefficient (Wildman–Crippen LogP) is 0.460. The van der Waals surface area contributed by atoms with Crippen LogP contribution in [0.3, 0.4) is 0 Å². The van der Waals surface area contributed by atoms with Crippen molar-refractivity contribution in [2.24, 2.45) is 10.7 Å². The fourth-order valence-corrected chi connectivity index (χ4v) is 1.86. The Balaban J connectivity index is 1.89. The topological polar surface area (TPSA) is 90.0 Å². The van der Waals surface area contributed by atoms with Gasteiger partial charge in [-0.1, -0.05) is 0 Å². The Morgan fingerprint density at radius 3 is 3.17 bits per heavy atom. The number of carbonyl (C=O) groups is 1. The quantitative estimate of drug-likeness (QED) is 0.821. The molecule has 0 unspecified atom stereocenters. The maximum Gasteiger partial charge on any atom is 0.416 e. The third kappa shape index (κ3) is 1.78. The third-order valence-corrected chi connectivity index (χ3v) is 2.77. The van der Waals surface area contributed by atoms with Gasteiger partial charge in [-0.3, -0.25) is 4.90 Å². The van der Waals surface area contributed by atoms with E-state index in [-0.39, 0.29) is 6.10 Å². The summed E-state index contributed by atoms with van der Waals surface area (Å²) in [6.45, 7) is 1.15. The SMILES string of the molecule is NC[C@H]1CN(c2ccc3c(n2)N=CCO3)C(=O)O1. The first-order valence-corrected chi connectivity index (χ1v) is 5.62. The zero-order valence-electron chi connectivity index (χ0n) is 9.57. The van der Waals surface area contributed by atoms with Gasteiger partial charge < -0.3 is 15.2 Å². The molecule has 2 N–H and O–H groups in total. The summed E-state index contributed by atoms with van der Waals surface area (Å²) < 4.78 is 10.4. The number of amides is 1. The zero-order chi connectivity index (χ0) is 12.5. The predicted molar refractivity (Wildman–Crippen MR) is 64.6 cm³/mol. The van der Waals surface area contributed by atoms with Crippen LogP contribution in [0, 0.1) is 0 Å². The highest BCUT2D eigenvalue weighted by Crippen LogP contribution is 2.31. The van der Waals surface area contributed by atoms with E-state index in [9.17, 15) is 4.79 Å². The number of ether oxygens (including phenoxy) is 2. The molecule has 1 fully saturated rings. The number of aromatic nitrogens is 1. The fourth-order valence-electron chi connectivity index (χ4n) is 1.86. The van der Waals surface area contributed by atoms with Gasteiger partial charge in [0, 0.05) is 12.8 Å². The Bertz CT molecular complexity index is 517. The molecule has 0 radical (unpaired) electrons. The van der Waals surface area contributed by atoms with E-state index < -0.39 is 6.09 Å². The average molecular weight is 248 g/mol. The van der Waals surface area contributed by atoms with E-state index in [0.717, 1.165) is 0 Å². The molecule has 0 saturated carbocycles. The van der Waals surface area contributed by atoms with E-state index >= 15 is 0 Å². The van der Waals surface area contributed by atoms with E-state index in [1.54, 1.807) is 18.3 Å². The molecule has 0 aliphatic carbocycles. The number of fused-ring (bicyclic) bond motifs is 1. The lowest BCUT2D eigenvalue weighted by molar-refractivity contribution is 0.145. The summed E-state index contributed by atoms with van der Waals surface area (Å²) in [7, 11) is 0. The van der Waals surface area contributed by atoms with Crippen LogP contribution < -0.4 is 15.4 Å². The second-order valence-corrected chi connectivity index (χ2v) is 3.97. The molecule has 2 aliphatic rings. The number of rotatable bonds is 2. The Hall–Kier alpha value is -2.15. The minimum atomic E-state index is -0.432. The molecule has 1 amide bonds. The second-order valence-electron chi connectivity index (χ2n) is 3.97. The van der Waals surface area contributed by atoms with Gasteiger partial charge >= 0.3 is 6.09 Å².